The molecule has 1 amide bonds. The second-order valence-corrected chi connectivity index (χ2v) is 5.55. The zero-order chi connectivity index (χ0) is 11.0. The summed E-state index contributed by atoms with van der Waals surface area (Å²) in [6.07, 6.45) is 4.83. The van der Waals surface area contributed by atoms with Crippen LogP contribution in [0.4, 0.5) is 0 Å². The van der Waals surface area contributed by atoms with E-state index in [0.717, 1.165) is 24.8 Å². The molecule has 2 fully saturated rings. The highest BCUT2D eigenvalue weighted by atomic mass is 16.2. The molecule has 2 heteroatoms. The number of carbonyl (C=O) groups is 1. The zero-order valence-corrected chi connectivity index (χ0v) is 10.2. The lowest BCUT2D eigenvalue weighted by Crippen LogP contribution is -2.41. The molecule has 2 unspecified atom stereocenters. The van der Waals surface area contributed by atoms with Gasteiger partial charge in [-0.3, -0.25) is 4.79 Å². The van der Waals surface area contributed by atoms with Crippen molar-refractivity contribution < 1.29 is 4.79 Å². The third-order valence-electron chi connectivity index (χ3n) is 3.96. The first-order chi connectivity index (χ1) is 7.13. The van der Waals surface area contributed by atoms with Crippen LogP contribution in [0, 0.1) is 17.8 Å². The molecular weight excluding hydrogens is 186 g/mol. The van der Waals surface area contributed by atoms with Crippen LogP contribution in [-0.2, 0) is 4.79 Å². The molecule has 2 saturated carbocycles. The average Bonchev–Trinajstić information content (AvgIpc) is 2.81. The lowest BCUT2D eigenvalue weighted by Gasteiger charge is -2.29. The summed E-state index contributed by atoms with van der Waals surface area (Å²) >= 11 is 0. The molecule has 0 radical (unpaired) electrons. The van der Waals surface area contributed by atoms with E-state index in [1.165, 1.54) is 19.3 Å². The topological polar surface area (TPSA) is 20.3 Å². The highest BCUT2D eigenvalue weighted by molar-refractivity contribution is 5.79. The van der Waals surface area contributed by atoms with Gasteiger partial charge in [-0.2, -0.15) is 0 Å². The Hall–Kier alpha value is -0.530. The number of amides is 1. The Morgan fingerprint density at radius 2 is 1.87 bits per heavy atom. The van der Waals surface area contributed by atoms with Crippen LogP contribution in [0.15, 0.2) is 0 Å². The molecule has 2 aliphatic rings. The Kier molecular flexibility index (Phi) is 3.03. The van der Waals surface area contributed by atoms with Crippen LogP contribution in [0.2, 0.25) is 0 Å². The van der Waals surface area contributed by atoms with Crippen molar-refractivity contribution in [3.63, 3.8) is 0 Å². The number of hydrogen-bond donors (Lipinski definition) is 0. The van der Waals surface area contributed by atoms with Gasteiger partial charge in [-0.25, -0.2) is 0 Å². The lowest BCUT2D eigenvalue weighted by molar-refractivity contribution is -0.137. The van der Waals surface area contributed by atoms with Crippen molar-refractivity contribution in [2.75, 3.05) is 6.54 Å². The fourth-order valence-corrected chi connectivity index (χ4v) is 3.01. The minimum atomic E-state index is 0.364. The fourth-order valence-electron chi connectivity index (χ4n) is 3.01. The average molecular weight is 209 g/mol. The van der Waals surface area contributed by atoms with Crippen molar-refractivity contribution in [3.05, 3.63) is 0 Å². The van der Waals surface area contributed by atoms with Crippen LogP contribution in [0.25, 0.3) is 0 Å². The first-order valence-electron chi connectivity index (χ1n) is 6.44. The molecule has 2 rings (SSSR count). The number of carbonyl (C=O) groups excluding carboxylic acids is 1. The van der Waals surface area contributed by atoms with Crippen molar-refractivity contribution >= 4 is 5.91 Å². The molecule has 0 aliphatic heterocycles. The van der Waals surface area contributed by atoms with Gasteiger partial charge in [0.1, 0.15) is 0 Å². The molecule has 2 aliphatic carbocycles. The normalized spacial score (nSPS) is 32.9. The summed E-state index contributed by atoms with van der Waals surface area (Å²) in [5.74, 6) is 2.62. The molecular formula is C13H23NO. The number of hydrogen-bond acceptors (Lipinski definition) is 1. The maximum absolute atomic E-state index is 12.3. The molecule has 0 bridgehead atoms. The maximum atomic E-state index is 12.3. The third-order valence-corrected chi connectivity index (χ3v) is 3.96. The van der Waals surface area contributed by atoms with Crippen molar-refractivity contribution in [3.8, 4) is 0 Å². The SMILES string of the molecule is CCCN(C(=O)C1CC2CC2C1)C(C)C. The van der Waals surface area contributed by atoms with E-state index in [-0.39, 0.29) is 0 Å². The van der Waals surface area contributed by atoms with Crippen LogP contribution >= 0.6 is 0 Å². The third kappa shape index (κ3) is 2.19. The molecule has 0 aromatic heterocycles. The lowest BCUT2D eigenvalue weighted by atomic mass is 10.0. The van der Waals surface area contributed by atoms with E-state index in [1.54, 1.807) is 0 Å². The van der Waals surface area contributed by atoms with E-state index in [4.69, 9.17) is 0 Å². The summed E-state index contributed by atoms with van der Waals surface area (Å²) in [5, 5.41) is 0. The minimum Gasteiger partial charge on any atom is -0.340 e. The van der Waals surface area contributed by atoms with Crippen molar-refractivity contribution in [2.45, 2.75) is 52.5 Å². The monoisotopic (exact) mass is 209 g/mol. The Balaban J connectivity index is 1.91. The number of fused-ring (bicyclic) bond motifs is 1. The van der Waals surface area contributed by atoms with Gasteiger partial charge < -0.3 is 4.90 Å². The largest absolute Gasteiger partial charge is 0.340 e. The smallest absolute Gasteiger partial charge is 0.225 e. The van der Waals surface area contributed by atoms with Gasteiger partial charge in [0, 0.05) is 18.5 Å². The number of nitrogens with zero attached hydrogens (tertiary/aromatic N) is 1. The van der Waals surface area contributed by atoms with E-state index in [2.05, 4.69) is 25.7 Å². The predicted molar refractivity (Wildman–Crippen MR) is 61.5 cm³/mol. The molecule has 0 saturated heterocycles. The van der Waals surface area contributed by atoms with Gasteiger partial charge in [-0.1, -0.05) is 6.92 Å². The van der Waals surface area contributed by atoms with Gasteiger partial charge >= 0.3 is 0 Å². The van der Waals surface area contributed by atoms with E-state index in [0.29, 0.717) is 17.9 Å². The Labute approximate surface area is 93.0 Å². The van der Waals surface area contributed by atoms with Crippen molar-refractivity contribution in [2.24, 2.45) is 17.8 Å². The highest BCUT2D eigenvalue weighted by Crippen LogP contribution is 2.54. The standard InChI is InChI=1S/C13H23NO/c1-4-5-14(9(2)3)13(15)12-7-10-6-11(10)8-12/h9-12H,4-8H2,1-3H3. The van der Waals surface area contributed by atoms with E-state index < -0.39 is 0 Å². The van der Waals surface area contributed by atoms with Crippen LogP contribution in [0.3, 0.4) is 0 Å². The summed E-state index contributed by atoms with van der Waals surface area (Å²) in [4.78, 5) is 14.3. The fraction of sp³-hybridized carbons (Fsp3) is 0.923. The minimum absolute atomic E-state index is 0.364. The summed E-state index contributed by atoms with van der Waals surface area (Å²) in [6, 6.07) is 0.370. The number of rotatable bonds is 4. The van der Waals surface area contributed by atoms with Crippen molar-refractivity contribution in [1.29, 1.82) is 0 Å². The summed E-state index contributed by atoms with van der Waals surface area (Å²) in [5.41, 5.74) is 0. The van der Waals surface area contributed by atoms with E-state index >= 15 is 0 Å². The molecule has 0 heterocycles. The zero-order valence-electron chi connectivity index (χ0n) is 10.2. The van der Waals surface area contributed by atoms with Gasteiger partial charge in [-0.05, 0) is 51.4 Å². The summed E-state index contributed by atoms with van der Waals surface area (Å²) in [7, 11) is 0. The van der Waals surface area contributed by atoms with Crippen LogP contribution < -0.4 is 0 Å². The van der Waals surface area contributed by atoms with Crippen LogP contribution in [-0.4, -0.2) is 23.4 Å². The second kappa shape index (κ2) is 4.15. The molecule has 86 valence electrons. The maximum Gasteiger partial charge on any atom is 0.225 e. The van der Waals surface area contributed by atoms with Gasteiger partial charge in [0.15, 0.2) is 0 Å². The molecule has 0 aromatic carbocycles. The molecule has 0 aromatic rings. The highest BCUT2D eigenvalue weighted by Gasteiger charge is 2.48. The van der Waals surface area contributed by atoms with Gasteiger partial charge in [-0.15, -0.1) is 0 Å². The van der Waals surface area contributed by atoms with Gasteiger partial charge in [0.05, 0.1) is 0 Å². The second-order valence-electron chi connectivity index (χ2n) is 5.55. The van der Waals surface area contributed by atoms with E-state index in [1.807, 2.05) is 0 Å². The van der Waals surface area contributed by atoms with Crippen molar-refractivity contribution in [1.82, 2.24) is 4.90 Å². The van der Waals surface area contributed by atoms with Gasteiger partial charge in [0.2, 0.25) is 5.91 Å². The molecule has 0 N–H and O–H groups in total. The van der Waals surface area contributed by atoms with Crippen LogP contribution in [0.1, 0.15) is 46.5 Å². The molecule has 0 spiro atoms. The van der Waals surface area contributed by atoms with E-state index in [9.17, 15) is 4.79 Å². The summed E-state index contributed by atoms with van der Waals surface area (Å²) < 4.78 is 0. The van der Waals surface area contributed by atoms with Crippen LogP contribution in [0.5, 0.6) is 0 Å². The Morgan fingerprint density at radius 3 is 2.33 bits per heavy atom. The molecule has 15 heavy (non-hydrogen) atoms. The predicted octanol–water partition coefficient (Wildman–Crippen LogP) is 2.68. The molecule has 2 atom stereocenters. The van der Waals surface area contributed by atoms with Gasteiger partial charge in [0.25, 0.3) is 0 Å². The Bertz CT molecular complexity index is 239. The first kappa shape index (κ1) is 11.0. The molecule has 2 nitrogen and oxygen atoms in total. The summed E-state index contributed by atoms with van der Waals surface area (Å²) in [6.45, 7) is 7.34. The quantitative estimate of drug-likeness (QED) is 0.697. The Morgan fingerprint density at radius 1 is 1.27 bits per heavy atom. The first-order valence-corrected chi connectivity index (χ1v) is 6.44.